The Labute approximate surface area is 167 Å². The van der Waals surface area contributed by atoms with Crippen molar-refractivity contribution in [2.24, 2.45) is 5.11 Å². The first-order chi connectivity index (χ1) is 13.5. The Morgan fingerprint density at radius 3 is 2.50 bits per heavy atom. The Bertz CT molecular complexity index is 573. The third kappa shape index (κ3) is 8.76. The molecule has 0 aromatic heterocycles. The van der Waals surface area contributed by atoms with Crippen LogP contribution in [0.15, 0.2) is 16.8 Å². The number of nitrogens with one attached hydrogen (secondary N) is 1. The van der Waals surface area contributed by atoms with Gasteiger partial charge in [0, 0.05) is 24.0 Å². The Morgan fingerprint density at radius 2 is 1.89 bits per heavy atom. The molecule has 1 amide bonds. The molecule has 0 bridgehead atoms. The molecule has 1 aliphatic carbocycles. The number of unbranched alkanes of at least 4 members (excludes halogenated alkanes) is 6. The summed E-state index contributed by atoms with van der Waals surface area (Å²) in [5.74, 6) is -0.674. The lowest BCUT2D eigenvalue weighted by molar-refractivity contribution is -0.139. The van der Waals surface area contributed by atoms with E-state index in [9.17, 15) is 9.59 Å². The minimum atomic E-state index is -0.600. The summed E-state index contributed by atoms with van der Waals surface area (Å²) in [5.41, 5.74) is 9.31. The predicted molar refractivity (Wildman–Crippen MR) is 108 cm³/mol. The van der Waals surface area contributed by atoms with Crippen LogP contribution in [0.1, 0.15) is 72.1 Å². The van der Waals surface area contributed by atoms with Gasteiger partial charge >= 0.3 is 5.97 Å². The molecule has 3 atom stereocenters. The number of esters is 1. The van der Waals surface area contributed by atoms with E-state index in [0.29, 0.717) is 12.2 Å². The normalized spacial score (nSPS) is 21.4. The number of amides is 1. The van der Waals surface area contributed by atoms with Crippen molar-refractivity contribution in [2.75, 3.05) is 13.2 Å². The van der Waals surface area contributed by atoms with Crippen LogP contribution in [0.4, 0.5) is 0 Å². The lowest BCUT2D eigenvalue weighted by atomic mass is 9.88. The zero-order valence-electron chi connectivity index (χ0n) is 17.4. The first-order valence-electron chi connectivity index (χ1n) is 10.3. The summed E-state index contributed by atoms with van der Waals surface area (Å²) >= 11 is 0. The van der Waals surface area contributed by atoms with E-state index in [1.54, 1.807) is 13.0 Å². The van der Waals surface area contributed by atoms with E-state index in [-0.39, 0.29) is 18.9 Å². The second-order valence-electron chi connectivity index (χ2n) is 7.07. The number of carbonyl (C=O) groups is 2. The smallest absolute Gasteiger partial charge is 0.333 e. The van der Waals surface area contributed by atoms with E-state index >= 15 is 0 Å². The van der Waals surface area contributed by atoms with Gasteiger partial charge in [0.1, 0.15) is 0 Å². The maximum absolute atomic E-state index is 12.2. The van der Waals surface area contributed by atoms with Gasteiger partial charge in [-0.3, -0.25) is 4.79 Å². The Balaban J connectivity index is 2.72. The van der Waals surface area contributed by atoms with Gasteiger partial charge in [-0.15, -0.1) is 0 Å². The molecule has 0 aromatic rings. The molecule has 0 spiro atoms. The van der Waals surface area contributed by atoms with Gasteiger partial charge in [0.15, 0.2) is 0 Å². The van der Waals surface area contributed by atoms with E-state index < -0.39 is 24.2 Å². The van der Waals surface area contributed by atoms with Crippen molar-refractivity contribution >= 4 is 11.9 Å². The van der Waals surface area contributed by atoms with E-state index in [1.165, 1.54) is 39.0 Å². The van der Waals surface area contributed by atoms with Crippen LogP contribution in [0.3, 0.4) is 0 Å². The second kappa shape index (κ2) is 14.0. The van der Waals surface area contributed by atoms with E-state index in [0.717, 1.165) is 12.8 Å². The summed E-state index contributed by atoms with van der Waals surface area (Å²) < 4.78 is 11.1. The van der Waals surface area contributed by atoms with Crippen LogP contribution < -0.4 is 5.32 Å². The topological polar surface area (TPSA) is 113 Å². The number of ether oxygens (including phenoxy) is 2. The van der Waals surface area contributed by atoms with E-state index in [1.807, 2.05) is 0 Å². The minimum Gasteiger partial charge on any atom is -0.463 e. The van der Waals surface area contributed by atoms with E-state index in [2.05, 4.69) is 22.3 Å². The maximum Gasteiger partial charge on any atom is 0.333 e. The molecule has 158 valence electrons. The van der Waals surface area contributed by atoms with Gasteiger partial charge in [-0.1, -0.05) is 50.6 Å². The molecule has 0 aliphatic heterocycles. The van der Waals surface area contributed by atoms with Crippen LogP contribution in [0.25, 0.3) is 10.4 Å². The average molecular weight is 395 g/mol. The second-order valence-corrected chi connectivity index (χ2v) is 7.07. The van der Waals surface area contributed by atoms with Crippen LogP contribution in [-0.2, 0) is 19.1 Å². The molecular formula is C20H34N4O4. The van der Waals surface area contributed by atoms with Crippen LogP contribution in [0.2, 0.25) is 0 Å². The van der Waals surface area contributed by atoms with Gasteiger partial charge in [0.05, 0.1) is 24.8 Å². The summed E-state index contributed by atoms with van der Waals surface area (Å²) in [4.78, 5) is 26.6. The molecule has 0 heterocycles. The first-order valence-corrected chi connectivity index (χ1v) is 10.3. The van der Waals surface area contributed by atoms with Gasteiger partial charge in [-0.05, 0) is 31.4 Å². The first kappa shape index (κ1) is 24.0. The van der Waals surface area contributed by atoms with Crippen molar-refractivity contribution in [1.29, 1.82) is 0 Å². The molecule has 0 fully saturated rings. The van der Waals surface area contributed by atoms with E-state index in [4.69, 9.17) is 15.0 Å². The summed E-state index contributed by atoms with van der Waals surface area (Å²) in [7, 11) is 0. The number of hydrogen-bond donors (Lipinski definition) is 1. The average Bonchev–Trinajstić information content (AvgIpc) is 2.65. The fourth-order valence-electron chi connectivity index (χ4n) is 3.34. The monoisotopic (exact) mass is 394 g/mol. The third-order valence-corrected chi connectivity index (χ3v) is 4.73. The predicted octanol–water partition coefficient (Wildman–Crippen LogP) is 4.20. The van der Waals surface area contributed by atoms with Crippen LogP contribution in [0, 0.1) is 0 Å². The van der Waals surface area contributed by atoms with Crippen LogP contribution in [0.5, 0.6) is 0 Å². The molecule has 0 unspecified atom stereocenters. The van der Waals surface area contributed by atoms with Gasteiger partial charge < -0.3 is 14.8 Å². The quantitative estimate of drug-likeness (QED) is 0.166. The third-order valence-electron chi connectivity index (χ3n) is 4.73. The van der Waals surface area contributed by atoms with Crippen molar-refractivity contribution in [1.82, 2.24) is 5.32 Å². The van der Waals surface area contributed by atoms with Gasteiger partial charge in [-0.2, -0.15) is 0 Å². The number of nitrogens with zero attached hydrogens (tertiary/aromatic N) is 3. The van der Waals surface area contributed by atoms with Crippen LogP contribution in [-0.4, -0.2) is 43.3 Å². The maximum atomic E-state index is 12.2. The van der Waals surface area contributed by atoms with Crippen molar-refractivity contribution < 1.29 is 19.1 Å². The van der Waals surface area contributed by atoms with Crippen molar-refractivity contribution in [3.05, 3.63) is 22.1 Å². The lowest BCUT2D eigenvalue weighted by Crippen LogP contribution is -2.52. The zero-order valence-corrected chi connectivity index (χ0v) is 17.4. The highest BCUT2D eigenvalue weighted by Crippen LogP contribution is 2.26. The highest BCUT2D eigenvalue weighted by atomic mass is 16.5. The molecule has 1 aliphatic rings. The number of hydrogen-bond acceptors (Lipinski definition) is 5. The Morgan fingerprint density at radius 1 is 1.21 bits per heavy atom. The molecule has 0 aromatic carbocycles. The fourth-order valence-corrected chi connectivity index (χ4v) is 3.34. The number of azide groups is 1. The van der Waals surface area contributed by atoms with Crippen molar-refractivity contribution in [3.8, 4) is 0 Å². The summed E-state index contributed by atoms with van der Waals surface area (Å²) in [6.07, 6.45) is 9.55. The molecule has 28 heavy (non-hydrogen) atoms. The van der Waals surface area contributed by atoms with Gasteiger partial charge in [0.25, 0.3) is 0 Å². The van der Waals surface area contributed by atoms with Gasteiger partial charge in [-0.25, -0.2) is 4.79 Å². The Hall–Kier alpha value is -2.05. The summed E-state index contributed by atoms with van der Waals surface area (Å²) in [6.45, 7) is 6.13. The summed E-state index contributed by atoms with van der Waals surface area (Å²) in [6, 6.07) is -1.10. The molecule has 0 saturated carbocycles. The molecule has 1 N–H and O–H groups in total. The minimum absolute atomic E-state index is 0.213. The molecule has 0 radical (unpaired) electrons. The molecule has 0 saturated heterocycles. The highest BCUT2D eigenvalue weighted by Gasteiger charge is 2.36. The standard InChI is InChI=1S/C20H34N4O4/c1-4-6-7-8-9-10-11-12-28-18-14-16(20(26)27-5-2)13-17(23-24-21)19(18)22-15(3)25/h14,17-19H,4-13H2,1-3H3,(H,22,25)/t17-,18+,19+/m0/s1. The van der Waals surface area contributed by atoms with Crippen LogP contribution >= 0.6 is 0 Å². The SMILES string of the molecule is CCCCCCCCCO[C@@H]1C=C(C(=O)OCC)C[C@H](N=[N+]=[N-])[C@H]1NC(C)=O. The molecule has 8 nitrogen and oxygen atoms in total. The number of rotatable bonds is 13. The largest absolute Gasteiger partial charge is 0.463 e. The van der Waals surface area contributed by atoms with Crippen molar-refractivity contribution in [2.45, 2.75) is 90.3 Å². The lowest BCUT2D eigenvalue weighted by Gasteiger charge is -2.34. The zero-order chi connectivity index (χ0) is 20.8. The van der Waals surface area contributed by atoms with Gasteiger partial charge in [0.2, 0.25) is 5.91 Å². The molecular weight excluding hydrogens is 360 g/mol. The van der Waals surface area contributed by atoms with Crippen molar-refractivity contribution in [3.63, 3.8) is 0 Å². The number of carbonyl (C=O) groups excluding carboxylic acids is 2. The fraction of sp³-hybridized carbons (Fsp3) is 0.800. The summed E-state index contributed by atoms with van der Waals surface area (Å²) in [5, 5.41) is 6.59. The molecule has 8 heteroatoms. The molecule has 1 rings (SSSR count). The highest BCUT2D eigenvalue weighted by molar-refractivity contribution is 5.89. The Kier molecular flexibility index (Phi) is 12.0.